The standard InChI is InChI=1S/C13H18FNO/c1-13(14,11-5-3-2-4-6-11)9-12-10-16-8-7-15-12/h2-6,12,15H,7-10H2,1H3. The maximum atomic E-state index is 14.5. The van der Waals surface area contributed by atoms with Crippen molar-refractivity contribution in [3.05, 3.63) is 35.9 Å². The predicted molar refractivity (Wildman–Crippen MR) is 62.1 cm³/mol. The van der Waals surface area contributed by atoms with Gasteiger partial charge in [-0.2, -0.15) is 0 Å². The van der Waals surface area contributed by atoms with Gasteiger partial charge in [-0.05, 0) is 12.5 Å². The molecule has 1 aliphatic rings. The number of rotatable bonds is 3. The maximum absolute atomic E-state index is 14.5. The number of hydrogen-bond donors (Lipinski definition) is 1. The molecule has 0 saturated carbocycles. The Kier molecular flexibility index (Phi) is 3.56. The fourth-order valence-electron chi connectivity index (χ4n) is 2.12. The summed E-state index contributed by atoms with van der Waals surface area (Å²) in [5.41, 5.74) is -0.554. The molecular weight excluding hydrogens is 205 g/mol. The Morgan fingerprint density at radius 3 is 2.81 bits per heavy atom. The van der Waals surface area contributed by atoms with Gasteiger partial charge in [-0.1, -0.05) is 30.3 Å². The lowest BCUT2D eigenvalue weighted by atomic mass is 9.91. The summed E-state index contributed by atoms with van der Waals surface area (Å²) in [5, 5.41) is 3.28. The van der Waals surface area contributed by atoms with Crippen molar-refractivity contribution in [2.75, 3.05) is 19.8 Å². The molecule has 1 N–H and O–H groups in total. The molecule has 0 radical (unpaired) electrons. The van der Waals surface area contributed by atoms with Crippen LogP contribution in [0.4, 0.5) is 4.39 Å². The number of ether oxygens (including phenoxy) is 1. The smallest absolute Gasteiger partial charge is 0.134 e. The van der Waals surface area contributed by atoms with E-state index in [-0.39, 0.29) is 6.04 Å². The van der Waals surface area contributed by atoms with Crippen molar-refractivity contribution < 1.29 is 9.13 Å². The van der Waals surface area contributed by atoms with E-state index in [1.165, 1.54) is 0 Å². The van der Waals surface area contributed by atoms with Crippen LogP contribution in [0.15, 0.2) is 30.3 Å². The van der Waals surface area contributed by atoms with Crippen LogP contribution >= 0.6 is 0 Å². The molecule has 2 rings (SSSR count). The molecule has 3 heteroatoms. The zero-order valence-corrected chi connectivity index (χ0v) is 9.58. The Morgan fingerprint density at radius 1 is 1.44 bits per heavy atom. The normalized spacial score (nSPS) is 25.0. The van der Waals surface area contributed by atoms with Crippen LogP contribution in [0, 0.1) is 0 Å². The summed E-state index contributed by atoms with van der Waals surface area (Å²) in [4.78, 5) is 0. The van der Waals surface area contributed by atoms with E-state index in [4.69, 9.17) is 4.74 Å². The maximum Gasteiger partial charge on any atom is 0.134 e. The van der Waals surface area contributed by atoms with Gasteiger partial charge in [-0.15, -0.1) is 0 Å². The number of hydrogen-bond acceptors (Lipinski definition) is 2. The Hall–Kier alpha value is -0.930. The molecule has 1 saturated heterocycles. The first-order chi connectivity index (χ1) is 7.68. The molecule has 2 nitrogen and oxygen atoms in total. The van der Waals surface area contributed by atoms with Crippen LogP contribution in [-0.4, -0.2) is 25.8 Å². The first kappa shape index (κ1) is 11.6. The van der Waals surface area contributed by atoms with Gasteiger partial charge in [0.25, 0.3) is 0 Å². The molecular formula is C13H18FNO. The molecule has 1 aliphatic heterocycles. The molecule has 0 aromatic heterocycles. The highest BCUT2D eigenvalue weighted by atomic mass is 19.1. The van der Waals surface area contributed by atoms with Gasteiger partial charge < -0.3 is 10.1 Å². The Balaban J connectivity index is 2.01. The van der Waals surface area contributed by atoms with E-state index in [9.17, 15) is 4.39 Å². The minimum absolute atomic E-state index is 0.115. The third-order valence-corrected chi connectivity index (χ3v) is 3.00. The van der Waals surface area contributed by atoms with Crippen molar-refractivity contribution in [2.24, 2.45) is 0 Å². The molecule has 0 bridgehead atoms. The van der Waals surface area contributed by atoms with E-state index in [2.05, 4.69) is 5.32 Å². The molecule has 16 heavy (non-hydrogen) atoms. The molecule has 0 aliphatic carbocycles. The van der Waals surface area contributed by atoms with Crippen LogP contribution < -0.4 is 5.32 Å². The molecule has 2 unspecified atom stereocenters. The van der Waals surface area contributed by atoms with Crippen LogP contribution in [0.5, 0.6) is 0 Å². The molecule has 1 aromatic carbocycles. The second-order valence-corrected chi connectivity index (χ2v) is 4.49. The van der Waals surface area contributed by atoms with Crippen LogP contribution in [0.2, 0.25) is 0 Å². The summed E-state index contributed by atoms with van der Waals surface area (Å²) in [5.74, 6) is 0. The monoisotopic (exact) mass is 223 g/mol. The van der Waals surface area contributed by atoms with Gasteiger partial charge in [0.05, 0.1) is 13.2 Å². The van der Waals surface area contributed by atoms with Crippen LogP contribution in [0.3, 0.4) is 0 Å². The number of morpholine rings is 1. The Bertz CT molecular complexity index is 320. The predicted octanol–water partition coefficient (Wildman–Crippen LogP) is 2.25. The second-order valence-electron chi connectivity index (χ2n) is 4.49. The van der Waals surface area contributed by atoms with Crippen molar-refractivity contribution in [3.8, 4) is 0 Å². The Morgan fingerprint density at radius 2 is 2.19 bits per heavy atom. The van der Waals surface area contributed by atoms with E-state index < -0.39 is 5.67 Å². The highest BCUT2D eigenvalue weighted by molar-refractivity contribution is 5.21. The number of alkyl halides is 1. The summed E-state index contributed by atoms with van der Waals surface area (Å²) in [7, 11) is 0. The van der Waals surface area contributed by atoms with Crippen LogP contribution in [0.1, 0.15) is 18.9 Å². The van der Waals surface area contributed by atoms with Gasteiger partial charge in [-0.3, -0.25) is 0 Å². The second kappa shape index (κ2) is 4.93. The largest absolute Gasteiger partial charge is 0.379 e. The quantitative estimate of drug-likeness (QED) is 0.848. The van der Waals surface area contributed by atoms with E-state index in [1.54, 1.807) is 6.92 Å². The van der Waals surface area contributed by atoms with Gasteiger partial charge in [0.15, 0.2) is 0 Å². The number of nitrogens with one attached hydrogen (secondary N) is 1. The van der Waals surface area contributed by atoms with Gasteiger partial charge >= 0.3 is 0 Å². The topological polar surface area (TPSA) is 21.3 Å². The summed E-state index contributed by atoms with van der Waals surface area (Å²) >= 11 is 0. The SMILES string of the molecule is CC(F)(CC1COCCN1)c1ccccc1. The first-order valence-corrected chi connectivity index (χ1v) is 5.74. The van der Waals surface area contributed by atoms with Crippen molar-refractivity contribution >= 4 is 0 Å². The zero-order chi connectivity index (χ0) is 11.4. The van der Waals surface area contributed by atoms with Crippen molar-refractivity contribution in [1.29, 1.82) is 0 Å². The lowest BCUT2D eigenvalue weighted by Crippen LogP contribution is -2.44. The fraction of sp³-hybridized carbons (Fsp3) is 0.538. The highest BCUT2D eigenvalue weighted by Gasteiger charge is 2.30. The van der Waals surface area contributed by atoms with Gasteiger partial charge in [0, 0.05) is 19.0 Å². The lowest BCUT2D eigenvalue weighted by molar-refractivity contribution is 0.0474. The molecule has 1 aromatic rings. The average Bonchev–Trinajstić information content (AvgIpc) is 2.31. The van der Waals surface area contributed by atoms with Crippen molar-refractivity contribution in [3.63, 3.8) is 0 Å². The fourth-order valence-corrected chi connectivity index (χ4v) is 2.12. The van der Waals surface area contributed by atoms with Crippen molar-refractivity contribution in [2.45, 2.75) is 25.1 Å². The van der Waals surface area contributed by atoms with Crippen LogP contribution in [-0.2, 0) is 10.4 Å². The Labute approximate surface area is 95.8 Å². The molecule has 1 fully saturated rings. The zero-order valence-electron chi connectivity index (χ0n) is 9.58. The molecule has 1 heterocycles. The van der Waals surface area contributed by atoms with E-state index in [0.717, 1.165) is 18.7 Å². The van der Waals surface area contributed by atoms with Crippen molar-refractivity contribution in [1.82, 2.24) is 5.32 Å². The third-order valence-electron chi connectivity index (χ3n) is 3.00. The summed E-state index contributed by atoms with van der Waals surface area (Å²) in [6.45, 7) is 3.78. The van der Waals surface area contributed by atoms with Crippen LogP contribution in [0.25, 0.3) is 0 Å². The number of halogens is 1. The minimum atomic E-state index is -1.29. The summed E-state index contributed by atoms with van der Waals surface area (Å²) in [6, 6.07) is 9.44. The minimum Gasteiger partial charge on any atom is -0.379 e. The van der Waals surface area contributed by atoms with E-state index in [0.29, 0.717) is 13.0 Å². The van der Waals surface area contributed by atoms with E-state index >= 15 is 0 Å². The average molecular weight is 223 g/mol. The summed E-state index contributed by atoms with van der Waals surface area (Å²) in [6.07, 6.45) is 0.455. The first-order valence-electron chi connectivity index (χ1n) is 5.74. The molecule has 2 atom stereocenters. The number of benzene rings is 1. The van der Waals surface area contributed by atoms with Gasteiger partial charge in [0.1, 0.15) is 5.67 Å². The molecule has 0 spiro atoms. The highest BCUT2D eigenvalue weighted by Crippen LogP contribution is 2.30. The van der Waals surface area contributed by atoms with E-state index in [1.807, 2.05) is 30.3 Å². The van der Waals surface area contributed by atoms with Gasteiger partial charge in [-0.25, -0.2) is 4.39 Å². The van der Waals surface area contributed by atoms with Gasteiger partial charge in [0.2, 0.25) is 0 Å². The molecule has 88 valence electrons. The third kappa shape index (κ3) is 2.80. The lowest BCUT2D eigenvalue weighted by Gasteiger charge is -2.30. The molecule has 0 amide bonds. The summed E-state index contributed by atoms with van der Waals surface area (Å²) < 4.78 is 19.8.